The first-order chi connectivity index (χ1) is 16.7. The molecular formula is C27H35F2N3O3. The van der Waals surface area contributed by atoms with Crippen molar-refractivity contribution in [3.63, 3.8) is 0 Å². The summed E-state index contributed by atoms with van der Waals surface area (Å²) < 4.78 is 27.2. The zero-order valence-electron chi connectivity index (χ0n) is 20.4. The first-order valence-electron chi connectivity index (χ1n) is 12.1. The van der Waals surface area contributed by atoms with Crippen LogP contribution in [0.2, 0.25) is 0 Å². The predicted molar refractivity (Wildman–Crippen MR) is 132 cm³/mol. The summed E-state index contributed by atoms with van der Waals surface area (Å²) in [5.74, 6) is -0.576. The molecule has 6 nitrogen and oxygen atoms in total. The van der Waals surface area contributed by atoms with E-state index >= 15 is 0 Å². The molecule has 4 rings (SSSR count). The number of hydrogen-bond acceptors (Lipinski definition) is 3. The number of nitrogens with one attached hydrogen (secondary N) is 2. The lowest BCUT2D eigenvalue weighted by molar-refractivity contribution is -0.110. The van der Waals surface area contributed by atoms with E-state index in [1.54, 1.807) is 0 Å². The van der Waals surface area contributed by atoms with E-state index in [0.29, 0.717) is 30.0 Å². The third kappa shape index (κ3) is 7.49. The highest BCUT2D eigenvalue weighted by atomic mass is 19.1. The molecule has 0 unspecified atom stereocenters. The molecule has 8 heteroatoms. The van der Waals surface area contributed by atoms with Crippen LogP contribution in [0.1, 0.15) is 68.6 Å². The molecule has 1 saturated carbocycles. The van der Waals surface area contributed by atoms with E-state index in [-0.39, 0.29) is 31.1 Å². The van der Waals surface area contributed by atoms with E-state index in [0.717, 1.165) is 11.8 Å². The Labute approximate surface area is 205 Å². The van der Waals surface area contributed by atoms with Crippen LogP contribution in [-0.2, 0) is 17.9 Å². The van der Waals surface area contributed by atoms with Gasteiger partial charge in [0, 0.05) is 42.4 Å². The van der Waals surface area contributed by atoms with Gasteiger partial charge in [-0.3, -0.25) is 4.79 Å². The Hall–Kier alpha value is -3.00. The van der Waals surface area contributed by atoms with Crippen molar-refractivity contribution in [2.75, 3.05) is 18.5 Å². The third-order valence-electron chi connectivity index (χ3n) is 6.58. The average molecular weight is 488 g/mol. The number of halogens is 2. The standard InChI is InChI=1S/C21H22F2N2O.C6H13NO2/c22-17-10-16-12-25(13-19(16)20(23)11-17)21(26)24-18-8-6-15(7-9-18)14-4-2-1-3-5-14;1-6(2,4-8)3-7-5-9/h6-11,14H,1-5,12-13H2,(H,24,26);5,8H,3-4H2,1-2H3,(H,7,9). The van der Waals surface area contributed by atoms with Crippen LogP contribution < -0.4 is 10.6 Å². The van der Waals surface area contributed by atoms with Gasteiger partial charge in [-0.2, -0.15) is 0 Å². The van der Waals surface area contributed by atoms with Gasteiger partial charge in [0.1, 0.15) is 11.6 Å². The summed E-state index contributed by atoms with van der Waals surface area (Å²) in [7, 11) is 0. The molecule has 2 aromatic rings. The van der Waals surface area contributed by atoms with Crippen LogP contribution in [0.4, 0.5) is 19.3 Å². The Morgan fingerprint density at radius 1 is 1.11 bits per heavy atom. The summed E-state index contributed by atoms with van der Waals surface area (Å²) >= 11 is 0. The zero-order chi connectivity index (χ0) is 25.4. The number of aliphatic hydroxyl groups is 1. The molecule has 190 valence electrons. The maximum atomic E-state index is 13.8. The molecule has 0 spiro atoms. The van der Waals surface area contributed by atoms with Crippen molar-refractivity contribution in [3.05, 3.63) is 64.7 Å². The molecule has 0 radical (unpaired) electrons. The molecule has 0 bridgehead atoms. The minimum Gasteiger partial charge on any atom is -0.396 e. The highest BCUT2D eigenvalue weighted by Gasteiger charge is 2.27. The Balaban J connectivity index is 0.000000327. The lowest BCUT2D eigenvalue weighted by atomic mass is 9.84. The second-order valence-electron chi connectivity index (χ2n) is 10.1. The van der Waals surface area contributed by atoms with Crippen LogP contribution >= 0.6 is 0 Å². The number of nitrogens with zero attached hydrogens (tertiary/aromatic N) is 1. The number of anilines is 1. The van der Waals surface area contributed by atoms with Gasteiger partial charge < -0.3 is 20.6 Å². The largest absolute Gasteiger partial charge is 0.396 e. The van der Waals surface area contributed by atoms with Gasteiger partial charge >= 0.3 is 6.03 Å². The molecule has 3 amide bonds. The fraction of sp³-hybridized carbons (Fsp3) is 0.481. The predicted octanol–water partition coefficient (Wildman–Crippen LogP) is 5.31. The Bertz CT molecular complexity index is 1010. The van der Waals surface area contributed by atoms with Crippen LogP contribution in [0.15, 0.2) is 36.4 Å². The molecule has 1 aliphatic heterocycles. The number of amides is 3. The molecule has 0 saturated heterocycles. The van der Waals surface area contributed by atoms with Crippen molar-refractivity contribution < 1.29 is 23.5 Å². The summed E-state index contributed by atoms with van der Waals surface area (Å²) in [6.45, 7) is 4.75. The number of rotatable bonds is 6. The summed E-state index contributed by atoms with van der Waals surface area (Å²) in [4.78, 5) is 23.7. The van der Waals surface area contributed by atoms with Crippen molar-refractivity contribution >= 4 is 18.1 Å². The molecule has 1 aliphatic carbocycles. The second-order valence-corrected chi connectivity index (χ2v) is 10.1. The van der Waals surface area contributed by atoms with E-state index in [1.807, 2.05) is 26.0 Å². The zero-order valence-corrected chi connectivity index (χ0v) is 20.4. The number of hydrogen-bond donors (Lipinski definition) is 3. The fourth-order valence-electron chi connectivity index (χ4n) is 4.42. The van der Waals surface area contributed by atoms with Crippen LogP contribution in [-0.4, -0.2) is 35.6 Å². The van der Waals surface area contributed by atoms with Gasteiger partial charge in [-0.1, -0.05) is 45.2 Å². The molecule has 3 N–H and O–H groups in total. The molecule has 35 heavy (non-hydrogen) atoms. The van der Waals surface area contributed by atoms with Gasteiger partial charge in [0.2, 0.25) is 6.41 Å². The van der Waals surface area contributed by atoms with Crippen molar-refractivity contribution in [3.8, 4) is 0 Å². The van der Waals surface area contributed by atoms with Gasteiger partial charge in [-0.05, 0) is 48.1 Å². The molecule has 2 aliphatic rings. The maximum Gasteiger partial charge on any atom is 0.322 e. The number of urea groups is 1. The number of fused-ring (bicyclic) bond motifs is 1. The van der Waals surface area contributed by atoms with E-state index in [2.05, 4.69) is 22.8 Å². The van der Waals surface area contributed by atoms with Crippen molar-refractivity contribution in [2.24, 2.45) is 5.41 Å². The fourth-order valence-corrected chi connectivity index (χ4v) is 4.42. The van der Waals surface area contributed by atoms with E-state index in [4.69, 9.17) is 5.11 Å². The molecular weight excluding hydrogens is 452 g/mol. The van der Waals surface area contributed by atoms with Gasteiger partial charge in [0.05, 0.1) is 6.54 Å². The van der Waals surface area contributed by atoms with Crippen molar-refractivity contribution in [1.29, 1.82) is 0 Å². The van der Waals surface area contributed by atoms with Crippen molar-refractivity contribution in [1.82, 2.24) is 10.2 Å². The summed E-state index contributed by atoms with van der Waals surface area (Å²) in [6.07, 6.45) is 7.01. The van der Waals surface area contributed by atoms with Gasteiger partial charge in [0.25, 0.3) is 0 Å². The number of carbonyl (C=O) groups excluding carboxylic acids is 2. The third-order valence-corrected chi connectivity index (χ3v) is 6.58. The lowest BCUT2D eigenvalue weighted by Gasteiger charge is -2.22. The Morgan fingerprint density at radius 2 is 1.80 bits per heavy atom. The number of benzene rings is 2. The summed E-state index contributed by atoms with van der Waals surface area (Å²) in [5, 5.41) is 14.0. The average Bonchev–Trinajstić information content (AvgIpc) is 3.29. The van der Waals surface area contributed by atoms with Crippen LogP contribution in [0.3, 0.4) is 0 Å². The van der Waals surface area contributed by atoms with E-state index in [9.17, 15) is 18.4 Å². The molecule has 0 aromatic heterocycles. The first-order valence-corrected chi connectivity index (χ1v) is 12.1. The van der Waals surface area contributed by atoms with Crippen LogP contribution in [0, 0.1) is 17.0 Å². The summed E-state index contributed by atoms with van der Waals surface area (Å²) in [6, 6.07) is 9.87. The Morgan fingerprint density at radius 3 is 2.43 bits per heavy atom. The minimum absolute atomic E-state index is 0.0911. The highest BCUT2D eigenvalue weighted by Crippen LogP contribution is 2.33. The second kappa shape index (κ2) is 12.1. The normalized spacial score (nSPS) is 15.6. The topological polar surface area (TPSA) is 81.7 Å². The first kappa shape index (κ1) is 26.6. The monoisotopic (exact) mass is 487 g/mol. The SMILES string of the molecule is CC(C)(CO)CNC=O.O=C(Nc1ccc(C2CCCCC2)cc1)N1Cc2cc(F)cc(F)c2C1. The van der Waals surface area contributed by atoms with E-state index < -0.39 is 11.6 Å². The summed E-state index contributed by atoms with van der Waals surface area (Å²) in [5.41, 5.74) is 2.78. The van der Waals surface area contributed by atoms with Gasteiger partial charge in [-0.25, -0.2) is 13.6 Å². The molecule has 1 fully saturated rings. The lowest BCUT2D eigenvalue weighted by Crippen LogP contribution is -2.31. The molecule has 2 aromatic carbocycles. The number of carbonyl (C=O) groups is 2. The smallest absolute Gasteiger partial charge is 0.322 e. The van der Waals surface area contributed by atoms with Crippen LogP contribution in [0.5, 0.6) is 0 Å². The van der Waals surface area contributed by atoms with Crippen LogP contribution in [0.25, 0.3) is 0 Å². The van der Waals surface area contributed by atoms with Gasteiger partial charge in [-0.15, -0.1) is 0 Å². The van der Waals surface area contributed by atoms with E-state index in [1.165, 1.54) is 48.6 Å². The Kier molecular flexibility index (Phi) is 9.20. The molecule has 1 heterocycles. The van der Waals surface area contributed by atoms with Gasteiger partial charge in [0.15, 0.2) is 0 Å². The quantitative estimate of drug-likeness (QED) is 0.483. The minimum atomic E-state index is -0.609. The highest BCUT2D eigenvalue weighted by molar-refractivity contribution is 5.89. The number of aliphatic hydroxyl groups excluding tert-OH is 1. The maximum absolute atomic E-state index is 13.8. The van der Waals surface area contributed by atoms with Crippen molar-refractivity contribution in [2.45, 2.75) is 65.0 Å². The molecule has 0 atom stereocenters.